The van der Waals surface area contributed by atoms with E-state index in [0.29, 0.717) is 50.9 Å². The van der Waals surface area contributed by atoms with E-state index in [1.54, 1.807) is 0 Å². The van der Waals surface area contributed by atoms with Gasteiger partial charge in [-0.15, -0.1) is 0 Å². The molecule has 0 spiro atoms. The molecule has 2 atom stereocenters. The van der Waals surface area contributed by atoms with Crippen LogP contribution >= 0.6 is 0 Å². The first kappa shape index (κ1) is 24.7. The minimum absolute atomic E-state index is 0.0430. The van der Waals surface area contributed by atoms with Crippen molar-refractivity contribution >= 4 is 5.91 Å². The lowest BCUT2D eigenvalue weighted by atomic mass is 9.99. The Morgan fingerprint density at radius 1 is 0.971 bits per heavy atom. The van der Waals surface area contributed by atoms with E-state index in [1.165, 1.54) is 11.1 Å². The van der Waals surface area contributed by atoms with Crippen molar-refractivity contribution in [1.82, 2.24) is 9.80 Å². The van der Waals surface area contributed by atoms with Crippen LogP contribution in [0.1, 0.15) is 54.7 Å². The Kier molecular flexibility index (Phi) is 8.24. The third-order valence-corrected chi connectivity index (χ3v) is 6.52. The van der Waals surface area contributed by atoms with E-state index >= 15 is 0 Å². The normalized spacial score (nSPS) is 22.6. The molecule has 2 unspecified atom stereocenters. The van der Waals surface area contributed by atoms with E-state index in [9.17, 15) is 4.79 Å². The first-order valence-electron chi connectivity index (χ1n) is 12.5. The van der Waals surface area contributed by atoms with E-state index in [2.05, 4.69) is 43.0 Å². The molecule has 2 aliphatic rings. The van der Waals surface area contributed by atoms with Crippen LogP contribution in [0.5, 0.6) is 5.75 Å². The summed E-state index contributed by atoms with van der Waals surface area (Å²) >= 11 is 0. The molecule has 6 heteroatoms. The van der Waals surface area contributed by atoms with Gasteiger partial charge in [-0.1, -0.05) is 24.3 Å². The number of hydrogen-bond acceptors (Lipinski definition) is 5. The molecule has 0 N–H and O–H groups in total. The molecule has 1 saturated heterocycles. The number of morpholine rings is 1. The highest BCUT2D eigenvalue weighted by molar-refractivity contribution is 5.94. The third kappa shape index (κ3) is 6.38. The first-order chi connectivity index (χ1) is 16.4. The predicted octanol–water partition coefficient (Wildman–Crippen LogP) is 4.15. The molecule has 2 aliphatic heterocycles. The van der Waals surface area contributed by atoms with Crippen molar-refractivity contribution in [2.45, 2.75) is 58.9 Å². The van der Waals surface area contributed by atoms with Gasteiger partial charge in [0, 0.05) is 44.2 Å². The van der Waals surface area contributed by atoms with Crippen LogP contribution in [-0.2, 0) is 22.4 Å². The Balaban J connectivity index is 1.61. The van der Waals surface area contributed by atoms with Crippen molar-refractivity contribution in [3.63, 3.8) is 0 Å². The summed E-state index contributed by atoms with van der Waals surface area (Å²) in [7, 11) is 0. The van der Waals surface area contributed by atoms with Gasteiger partial charge in [-0.3, -0.25) is 9.69 Å². The van der Waals surface area contributed by atoms with E-state index < -0.39 is 0 Å². The van der Waals surface area contributed by atoms with E-state index in [1.807, 2.05) is 36.9 Å². The second-order valence-corrected chi connectivity index (χ2v) is 9.81. The first-order valence-corrected chi connectivity index (χ1v) is 12.5. The Labute approximate surface area is 203 Å². The summed E-state index contributed by atoms with van der Waals surface area (Å²) < 4.78 is 17.8. The number of ether oxygens (including phenoxy) is 3. The van der Waals surface area contributed by atoms with Gasteiger partial charge in [-0.25, -0.2) is 0 Å². The summed E-state index contributed by atoms with van der Waals surface area (Å²) in [6, 6.07) is 15.0. The standard InChI is InChI=1S/C28H38N2O4/c1-20(2)29-10-11-32-12-13-33-27-9-8-25(28(31)30-17-21(3)34-22(4)18-30)16-26(27)15-23-6-5-7-24(14-23)19-29/h5-9,14,16,20-22H,10-13,15,17-19H2,1-4H3. The Morgan fingerprint density at radius 2 is 1.74 bits per heavy atom. The van der Waals surface area contributed by atoms with Gasteiger partial charge >= 0.3 is 0 Å². The minimum atomic E-state index is 0.0430. The van der Waals surface area contributed by atoms with Gasteiger partial charge in [0.1, 0.15) is 12.4 Å². The molecular formula is C28H38N2O4. The summed E-state index contributed by atoms with van der Waals surface area (Å²) in [6.45, 7) is 13.2. The molecule has 0 aromatic heterocycles. The maximum absolute atomic E-state index is 13.3. The Hall–Kier alpha value is -2.41. The average molecular weight is 467 g/mol. The van der Waals surface area contributed by atoms with Crippen molar-refractivity contribution < 1.29 is 19.0 Å². The van der Waals surface area contributed by atoms with Crippen molar-refractivity contribution in [2.75, 3.05) is 39.5 Å². The maximum Gasteiger partial charge on any atom is 0.254 e. The fourth-order valence-electron chi connectivity index (χ4n) is 4.82. The zero-order valence-electron chi connectivity index (χ0n) is 21.0. The fourth-order valence-corrected chi connectivity index (χ4v) is 4.82. The van der Waals surface area contributed by atoms with Crippen molar-refractivity contribution in [2.24, 2.45) is 0 Å². The van der Waals surface area contributed by atoms with E-state index in [-0.39, 0.29) is 18.1 Å². The largest absolute Gasteiger partial charge is 0.491 e. The number of benzene rings is 2. The number of fused-ring (bicyclic) bond motifs is 3. The lowest BCUT2D eigenvalue weighted by Crippen LogP contribution is -2.48. The van der Waals surface area contributed by atoms with Crippen LogP contribution in [0.4, 0.5) is 0 Å². The molecule has 1 fully saturated rings. The summed E-state index contributed by atoms with van der Waals surface area (Å²) in [5, 5.41) is 0. The van der Waals surface area contributed by atoms with Crippen LogP contribution in [0.3, 0.4) is 0 Å². The maximum atomic E-state index is 13.3. The van der Waals surface area contributed by atoms with Crippen LogP contribution in [0.15, 0.2) is 42.5 Å². The number of nitrogens with zero attached hydrogens (tertiary/aromatic N) is 2. The zero-order chi connectivity index (χ0) is 24.1. The summed E-state index contributed by atoms with van der Waals surface area (Å²) in [5.41, 5.74) is 4.23. The third-order valence-electron chi connectivity index (χ3n) is 6.52. The molecule has 6 nitrogen and oxygen atoms in total. The zero-order valence-corrected chi connectivity index (χ0v) is 21.0. The number of carbonyl (C=O) groups excluding carboxylic acids is 1. The lowest BCUT2D eigenvalue weighted by Gasteiger charge is -2.35. The molecule has 0 radical (unpaired) electrons. The molecule has 0 saturated carbocycles. The summed E-state index contributed by atoms with van der Waals surface area (Å²) in [4.78, 5) is 17.7. The number of carbonyl (C=O) groups is 1. The molecule has 4 rings (SSSR count). The van der Waals surface area contributed by atoms with Crippen LogP contribution in [0.2, 0.25) is 0 Å². The van der Waals surface area contributed by atoms with E-state index in [0.717, 1.165) is 24.4 Å². The van der Waals surface area contributed by atoms with Crippen LogP contribution in [-0.4, -0.2) is 73.4 Å². The topological polar surface area (TPSA) is 51.2 Å². The van der Waals surface area contributed by atoms with Gasteiger partial charge in [0.05, 0.1) is 25.4 Å². The molecular weight excluding hydrogens is 428 g/mol. The molecule has 34 heavy (non-hydrogen) atoms. The highest BCUT2D eigenvalue weighted by Gasteiger charge is 2.27. The van der Waals surface area contributed by atoms with Gasteiger partial charge in [-0.2, -0.15) is 0 Å². The van der Waals surface area contributed by atoms with Crippen molar-refractivity contribution in [1.29, 1.82) is 0 Å². The van der Waals surface area contributed by atoms with Gasteiger partial charge in [0.2, 0.25) is 0 Å². The number of amides is 1. The van der Waals surface area contributed by atoms with E-state index in [4.69, 9.17) is 14.2 Å². The molecule has 2 heterocycles. The summed E-state index contributed by atoms with van der Waals surface area (Å²) in [5.74, 6) is 0.865. The SMILES string of the molecule is CC1CN(C(=O)c2ccc3c(c2)Cc2cccc(c2)CN(C(C)C)CCOCCO3)CC(C)O1. The molecule has 184 valence electrons. The van der Waals surface area contributed by atoms with Crippen LogP contribution in [0.25, 0.3) is 0 Å². The molecule has 2 aromatic rings. The highest BCUT2D eigenvalue weighted by Crippen LogP contribution is 2.26. The Morgan fingerprint density at radius 3 is 2.50 bits per heavy atom. The highest BCUT2D eigenvalue weighted by atomic mass is 16.5. The van der Waals surface area contributed by atoms with Gasteiger partial charge in [0.15, 0.2) is 0 Å². The summed E-state index contributed by atoms with van der Waals surface area (Å²) in [6.07, 6.45) is 0.797. The number of hydrogen-bond donors (Lipinski definition) is 0. The second kappa shape index (κ2) is 11.3. The molecule has 1 amide bonds. The van der Waals surface area contributed by atoms with Crippen LogP contribution in [0, 0.1) is 0 Å². The van der Waals surface area contributed by atoms with Gasteiger partial charge in [-0.05, 0) is 62.6 Å². The second-order valence-electron chi connectivity index (χ2n) is 9.81. The quantitative estimate of drug-likeness (QED) is 0.666. The van der Waals surface area contributed by atoms with Gasteiger partial charge < -0.3 is 19.1 Å². The smallest absolute Gasteiger partial charge is 0.254 e. The lowest BCUT2D eigenvalue weighted by molar-refractivity contribution is -0.0586. The predicted molar refractivity (Wildman–Crippen MR) is 133 cm³/mol. The molecule has 0 aliphatic carbocycles. The van der Waals surface area contributed by atoms with Crippen molar-refractivity contribution in [3.8, 4) is 5.75 Å². The monoisotopic (exact) mass is 466 g/mol. The fraction of sp³-hybridized carbons (Fsp3) is 0.536. The average Bonchev–Trinajstić information content (AvgIpc) is 2.79. The van der Waals surface area contributed by atoms with Crippen LogP contribution < -0.4 is 4.74 Å². The Bertz CT molecular complexity index is 967. The number of rotatable bonds is 2. The van der Waals surface area contributed by atoms with Gasteiger partial charge in [0.25, 0.3) is 5.91 Å². The molecule has 2 aromatic carbocycles. The van der Waals surface area contributed by atoms with Crippen molar-refractivity contribution in [3.05, 3.63) is 64.7 Å². The minimum Gasteiger partial charge on any atom is -0.491 e. The molecule has 2 bridgehead atoms.